The van der Waals surface area contributed by atoms with Crippen molar-refractivity contribution in [3.63, 3.8) is 0 Å². The van der Waals surface area contributed by atoms with Crippen LogP contribution in [0.3, 0.4) is 0 Å². The average Bonchev–Trinajstić information content (AvgIpc) is 3.18. The van der Waals surface area contributed by atoms with Gasteiger partial charge in [0, 0.05) is 41.3 Å². The number of likely N-dealkylation sites (tertiary alicyclic amines) is 1. The van der Waals surface area contributed by atoms with Crippen molar-refractivity contribution in [1.82, 2.24) is 4.90 Å². The summed E-state index contributed by atoms with van der Waals surface area (Å²) in [6.07, 6.45) is 4.45. The van der Waals surface area contributed by atoms with Crippen LogP contribution in [0.4, 0.5) is 17.1 Å². The molecule has 180 valence electrons. The maximum absolute atomic E-state index is 12.7. The van der Waals surface area contributed by atoms with Gasteiger partial charge in [0.25, 0.3) is 11.8 Å². The number of hydrogen-bond donors (Lipinski definition) is 3. The van der Waals surface area contributed by atoms with Crippen molar-refractivity contribution in [2.75, 3.05) is 35.6 Å². The van der Waals surface area contributed by atoms with E-state index in [1.165, 1.54) is 12.8 Å². The highest BCUT2D eigenvalue weighted by atomic mass is 16.2. The van der Waals surface area contributed by atoms with Crippen molar-refractivity contribution in [3.05, 3.63) is 90.0 Å². The van der Waals surface area contributed by atoms with Gasteiger partial charge < -0.3 is 20.9 Å². The molecule has 0 bridgehead atoms. The van der Waals surface area contributed by atoms with Crippen LogP contribution in [-0.4, -0.2) is 42.3 Å². The quantitative estimate of drug-likeness (QED) is 0.453. The molecule has 0 spiro atoms. The smallest absolute Gasteiger partial charge is 0.255 e. The summed E-state index contributed by atoms with van der Waals surface area (Å²) >= 11 is 0. The summed E-state index contributed by atoms with van der Waals surface area (Å²) < 4.78 is 0. The molecular formula is C28H30N4O3. The molecule has 0 aliphatic carbocycles. The van der Waals surface area contributed by atoms with E-state index in [9.17, 15) is 14.4 Å². The van der Waals surface area contributed by atoms with Crippen LogP contribution in [0.1, 0.15) is 46.4 Å². The second-order valence-corrected chi connectivity index (χ2v) is 8.59. The fraction of sp³-hybridized carbons (Fsp3) is 0.250. The Balaban J connectivity index is 1.27. The molecule has 0 saturated carbocycles. The Hall–Kier alpha value is -4.13. The molecule has 3 amide bonds. The zero-order chi connectivity index (χ0) is 24.5. The maximum Gasteiger partial charge on any atom is 0.255 e. The Morgan fingerprint density at radius 2 is 1.34 bits per heavy atom. The van der Waals surface area contributed by atoms with E-state index in [0.29, 0.717) is 28.2 Å². The van der Waals surface area contributed by atoms with Gasteiger partial charge in [-0.2, -0.15) is 0 Å². The number of rotatable bonds is 7. The first-order valence-electron chi connectivity index (χ1n) is 12.0. The van der Waals surface area contributed by atoms with Crippen LogP contribution in [-0.2, 0) is 4.79 Å². The van der Waals surface area contributed by atoms with Gasteiger partial charge in [0.1, 0.15) is 0 Å². The lowest BCUT2D eigenvalue weighted by atomic mass is 10.1. The minimum absolute atomic E-state index is 0.0469. The van der Waals surface area contributed by atoms with Crippen molar-refractivity contribution < 1.29 is 14.4 Å². The minimum Gasteiger partial charge on any atom is -0.376 e. The standard InChI is InChI=1S/C28H30N4O3/c33-26(30-23-15-13-22(14-16-23)28(35)32-17-6-1-2-7-18-32)20-29-24-11-8-12-25(19-24)31-27(34)21-9-4-3-5-10-21/h3-5,8-16,19,29H,1-2,6-7,17-18,20H2,(H,30,33)(H,31,34). The van der Waals surface area contributed by atoms with Gasteiger partial charge in [-0.15, -0.1) is 0 Å². The second kappa shape index (κ2) is 11.8. The predicted octanol–water partition coefficient (Wildman–Crippen LogP) is 5.01. The van der Waals surface area contributed by atoms with Gasteiger partial charge in [0.2, 0.25) is 5.91 Å². The van der Waals surface area contributed by atoms with E-state index >= 15 is 0 Å². The van der Waals surface area contributed by atoms with E-state index in [1.54, 1.807) is 54.6 Å². The third kappa shape index (κ3) is 6.93. The maximum atomic E-state index is 12.7. The summed E-state index contributed by atoms with van der Waals surface area (Å²) in [6.45, 7) is 1.67. The summed E-state index contributed by atoms with van der Waals surface area (Å²) in [5, 5.41) is 8.77. The Morgan fingerprint density at radius 1 is 0.657 bits per heavy atom. The third-order valence-electron chi connectivity index (χ3n) is 5.92. The monoisotopic (exact) mass is 470 g/mol. The zero-order valence-corrected chi connectivity index (χ0v) is 19.6. The van der Waals surface area contributed by atoms with Crippen molar-refractivity contribution >= 4 is 34.8 Å². The average molecular weight is 471 g/mol. The molecule has 1 heterocycles. The first-order valence-corrected chi connectivity index (χ1v) is 12.0. The van der Waals surface area contributed by atoms with Crippen LogP contribution < -0.4 is 16.0 Å². The molecule has 7 nitrogen and oxygen atoms in total. The van der Waals surface area contributed by atoms with Crippen molar-refractivity contribution in [1.29, 1.82) is 0 Å². The lowest BCUT2D eigenvalue weighted by Gasteiger charge is -2.20. The molecule has 3 aromatic carbocycles. The molecule has 4 rings (SSSR count). The van der Waals surface area contributed by atoms with Gasteiger partial charge in [0.15, 0.2) is 0 Å². The number of amides is 3. The third-order valence-corrected chi connectivity index (χ3v) is 5.92. The molecule has 1 fully saturated rings. The van der Waals surface area contributed by atoms with Crippen LogP contribution in [0.2, 0.25) is 0 Å². The first-order chi connectivity index (χ1) is 17.1. The minimum atomic E-state index is -0.213. The van der Waals surface area contributed by atoms with Gasteiger partial charge >= 0.3 is 0 Å². The molecule has 1 aliphatic heterocycles. The highest BCUT2D eigenvalue weighted by Gasteiger charge is 2.17. The first kappa shape index (κ1) is 24.0. The van der Waals surface area contributed by atoms with Gasteiger partial charge in [0.05, 0.1) is 6.54 Å². The van der Waals surface area contributed by atoms with Crippen LogP contribution in [0, 0.1) is 0 Å². The Labute approximate surface area is 205 Å². The number of anilines is 3. The van der Waals surface area contributed by atoms with E-state index in [0.717, 1.165) is 25.9 Å². The molecule has 3 aromatic rings. The summed E-state index contributed by atoms with van der Waals surface area (Å²) in [7, 11) is 0. The number of carbonyl (C=O) groups is 3. The topological polar surface area (TPSA) is 90.5 Å². The molecule has 35 heavy (non-hydrogen) atoms. The van der Waals surface area contributed by atoms with Crippen LogP contribution in [0.15, 0.2) is 78.9 Å². The lowest BCUT2D eigenvalue weighted by molar-refractivity contribution is -0.114. The van der Waals surface area contributed by atoms with E-state index in [2.05, 4.69) is 16.0 Å². The Kier molecular flexibility index (Phi) is 8.12. The number of nitrogens with zero attached hydrogens (tertiary/aromatic N) is 1. The van der Waals surface area contributed by atoms with Crippen molar-refractivity contribution in [2.45, 2.75) is 25.7 Å². The summed E-state index contributed by atoms with van der Waals surface area (Å²) in [5.41, 5.74) is 3.19. The van der Waals surface area contributed by atoms with Crippen molar-refractivity contribution in [3.8, 4) is 0 Å². The van der Waals surface area contributed by atoms with E-state index < -0.39 is 0 Å². The highest BCUT2D eigenvalue weighted by Crippen LogP contribution is 2.17. The predicted molar refractivity (Wildman–Crippen MR) is 139 cm³/mol. The molecule has 7 heteroatoms. The zero-order valence-electron chi connectivity index (χ0n) is 19.6. The number of hydrogen-bond acceptors (Lipinski definition) is 4. The second-order valence-electron chi connectivity index (χ2n) is 8.59. The molecule has 0 atom stereocenters. The normalized spacial score (nSPS) is 13.4. The van der Waals surface area contributed by atoms with Gasteiger partial charge in [-0.05, 0) is 67.4 Å². The Morgan fingerprint density at radius 3 is 2.06 bits per heavy atom. The summed E-state index contributed by atoms with van der Waals surface area (Å²) in [5.74, 6) is -0.362. The molecule has 0 radical (unpaired) electrons. The van der Waals surface area contributed by atoms with Crippen molar-refractivity contribution in [2.24, 2.45) is 0 Å². The van der Waals surface area contributed by atoms with Gasteiger partial charge in [-0.3, -0.25) is 14.4 Å². The lowest BCUT2D eigenvalue weighted by Crippen LogP contribution is -2.31. The van der Waals surface area contributed by atoms with E-state index in [4.69, 9.17) is 0 Å². The largest absolute Gasteiger partial charge is 0.376 e. The molecule has 3 N–H and O–H groups in total. The molecule has 0 unspecified atom stereocenters. The van der Waals surface area contributed by atoms with E-state index in [1.807, 2.05) is 29.2 Å². The van der Waals surface area contributed by atoms with E-state index in [-0.39, 0.29) is 24.3 Å². The molecule has 1 aliphatic rings. The number of nitrogens with one attached hydrogen (secondary N) is 3. The van der Waals surface area contributed by atoms with Crippen LogP contribution >= 0.6 is 0 Å². The molecular weight excluding hydrogens is 440 g/mol. The fourth-order valence-corrected chi connectivity index (χ4v) is 4.04. The van der Waals surface area contributed by atoms with Gasteiger partial charge in [-0.25, -0.2) is 0 Å². The highest BCUT2D eigenvalue weighted by molar-refractivity contribution is 6.04. The van der Waals surface area contributed by atoms with Gasteiger partial charge in [-0.1, -0.05) is 37.1 Å². The SMILES string of the molecule is O=C(CNc1cccc(NC(=O)c2ccccc2)c1)Nc1ccc(C(=O)N2CCCCCC2)cc1. The van der Waals surface area contributed by atoms with Crippen LogP contribution in [0.5, 0.6) is 0 Å². The number of carbonyl (C=O) groups excluding carboxylic acids is 3. The summed E-state index contributed by atoms with van der Waals surface area (Å²) in [6, 6.07) is 23.2. The Bertz CT molecular complexity index is 1150. The fourth-order valence-electron chi connectivity index (χ4n) is 4.04. The number of benzene rings is 3. The summed E-state index contributed by atoms with van der Waals surface area (Å²) in [4.78, 5) is 39.4. The molecule has 1 saturated heterocycles. The molecule has 0 aromatic heterocycles. The van der Waals surface area contributed by atoms with Crippen LogP contribution in [0.25, 0.3) is 0 Å².